The summed E-state index contributed by atoms with van der Waals surface area (Å²) in [5.41, 5.74) is -0.980. The van der Waals surface area contributed by atoms with Crippen molar-refractivity contribution in [3.05, 3.63) is 74.2 Å². The second-order valence-electron chi connectivity index (χ2n) is 9.40. The number of aromatic nitrogens is 1. The molecule has 0 radical (unpaired) electrons. The molecule has 12 heteroatoms. The van der Waals surface area contributed by atoms with Crippen molar-refractivity contribution in [2.75, 3.05) is 6.79 Å². The highest BCUT2D eigenvalue weighted by Crippen LogP contribution is 2.47. The van der Waals surface area contributed by atoms with Crippen LogP contribution in [0.15, 0.2) is 56.5 Å². The summed E-state index contributed by atoms with van der Waals surface area (Å²) in [5.74, 6) is -3.69. The molecule has 0 spiro atoms. The fourth-order valence-electron chi connectivity index (χ4n) is 5.18. The van der Waals surface area contributed by atoms with E-state index in [9.17, 15) is 34.8 Å². The van der Waals surface area contributed by atoms with E-state index in [2.05, 4.69) is 4.98 Å². The largest absolute Gasteiger partial charge is 0.507 e. The highest BCUT2D eigenvalue weighted by molar-refractivity contribution is 5.94. The van der Waals surface area contributed by atoms with Gasteiger partial charge >= 0.3 is 5.97 Å². The first-order valence-corrected chi connectivity index (χ1v) is 11.9. The second-order valence-corrected chi connectivity index (χ2v) is 9.40. The fraction of sp³-hybridized carbons (Fsp3) is 0.107. The van der Waals surface area contributed by atoms with E-state index in [1.807, 2.05) is 0 Å². The minimum absolute atomic E-state index is 0.0348. The van der Waals surface area contributed by atoms with E-state index < -0.39 is 51.3 Å². The molecule has 5 N–H and O–H groups in total. The molecule has 0 fully saturated rings. The van der Waals surface area contributed by atoms with Crippen LogP contribution >= 0.6 is 0 Å². The lowest BCUT2D eigenvalue weighted by Crippen LogP contribution is -2.26. The summed E-state index contributed by atoms with van der Waals surface area (Å²) in [6.45, 7) is 0.0348. The van der Waals surface area contributed by atoms with Crippen LogP contribution in [0.2, 0.25) is 0 Å². The number of hydrogen-bond acceptors (Lipinski definition) is 11. The summed E-state index contributed by atoms with van der Waals surface area (Å²) in [6.07, 6.45) is -0.300. The first kappa shape index (κ1) is 23.5. The normalized spacial score (nSPS) is 15.8. The van der Waals surface area contributed by atoms with E-state index in [-0.39, 0.29) is 47.0 Å². The van der Waals surface area contributed by atoms with Crippen LogP contribution in [0.4, 0.5) is 0 Å². The molecule has 1 atom stereocenters. The number of esters is 1. The first-order valence-electron chi connectivity index (χ1n) is 11.9. The van der Waals surface area contributed by atoms with Crippen LogP contribution in [0.1, 0.15) is 23.5 Å². The van der Waals surface area contributed by atoms with Crippen LogP contribution in [0.5, 0.6) is 40.2 Å². The standard InChI is InChI=1S/C28H17NO11/c30-15-2-1-10(4-16(15)31)26-25(35)24(34)23-17(32)8-20-22(27(23)40-26)12(6-21(33)39-20)13-3-11-5-18-19(38-9-37-18)7-14(11)29-28(13)36/h1-5,7-8,12,30-32,35H,6,9H2,(H,29,36). The molecule has 5 aromatic rings. The average Bonchev–Trinajstić information content (AvgIpc) is 3.37. The maximum atomic E-state index is 13.3. The lowest BCUT2D eigenvalue weighted by Gasteiger charge is -2.25. The zero-order valence-electron chi connectivity index (χ0n) is 20.2. The molecule has 2 aliphatic heterocycles. The number of phenolic OH excluding ortho intramolecular Hbond substituents is 3. The van der Waals surface area contributed by atoms with Crippen LogP contribution in [0.25, 0.3) is 33.2 Å². The lowest BCUT2D eigenvalue weighted by molar-refractivity contribution is -0.135. The smallest absolute Gasteiger partial charge is 0.312 e. The van der Waals surface area contributed by atoms with Gasteiger partial charge in [-0.05, 0) is 30.3 Å². The van der Waals surface area contributed by atoms with Gasteiger partial charge in [-0.15, -0.1) is 0 Å². The minimum Gasteiger partial charge on any atom is -0.507 e. The van der Waals surface area contributed by atoms with Crippen molar-refractivity contribution in [1.29, 1.82) is 0 Å². The number of pyridine rings is 1. The van der Waals surface area contributed by atoms with Crippen molar-refractivity contribution in [1.82, 2.24) is 4.98 Å². The molecule has 0 aliphatic carbocycles. The predicted molar refractivity (Wildman–Crippen MR) is 137 cm³/mol. The Morgan fingerprint density at radius 1 is 0.825 bits per heavy atom. The monoisotopic (exact) mass is 543 g/mol. The maximum absolute atomic E-state index is 13.3. The van der Waals surface area contributed by atoms with Crippen LogP contribution in [-0.4, -0.2) is 38.2 Å². The van der Waals surface area contributed by atoms with Crippen LogP contribution in [0.3, 0.4) is 0 Å². The Hall–Kier alpha value is -5.65. The molecule has 4 heterocycles. The number of carbonyl (C=O) groups is 1. The Morgan fingerprint density at radius 3 is 2.38 bits per heavy atom. The molecule has 0 bridgehead atoms. The van der Waals surface area contributed by atoms with Gasteiger partial charge in [0, 0.05) is 40.1 Å². The minimum atomic E-state index is -1.00. The number of benzene rings is 3. The Kier molecular flexibility index (Phi) is 4.79. The molecule has 7 rings (SSSR count). The van der Waals surface area contributed by atoms with E-state index in [1.54, 1.807) is 18.2 Å². The zero-order valence-corrected chi connectivity index (χ0v) is 20.2. The van der Waals surface area contributed by atoms with E-state index in [0.29, 0.717) is 22.4 Å². The number of nitrogens with one attached hydrogen (secondary N) is 1. The third kappa shape index (κ3) is 3.35. The van der Waals surface area contributed by atoms with E-state index in [1.165, 1.54) is 6.07 Å². The van der Waals surface area contributed by atoms with Crippen LogP contribution < -0.4 is 25.2 Å². The molecule has 40 heavy (non-hydrogen) atoms. The topological polar surface area (TPSA) is 189 Å². The molecule has 12 nitrogen and oxygen atoms in total. The molecule has 0 saturated carbocycles. The Balaban J connectivity index is 1.52. The SMILES string of the molecule is O=C1CC(c2cc3cc4c(cc3[nH]c2=O)OCO4)c2c(cc(O)c3c(=O)c(O)c(-c4ccc(O)c(O)c4)oc23)O1. The third-order valence-electron chi connectivity index (χ3n) is 7.04. The van der Waals surface area contributed by atoms with Gasteiger partial charge in [-0.25, -0.2) is 0 Å². The molecule has 0 saturated heterocycles. The molecular weight excluding hydrogens is 526 g/mol. The van der Waals surface area contributed by atoms with Gasteiger partial charge in [0.15, 0.2) is 28.8 Å². The van der Waals surface area contributed by atoms with Gasteiger partial charge in [0.1, 0.15) is 22.5 Å². The van der Waals surface area contributed by atoms with Gasteiger partial charge in [0.2, 0.25) is 18.0 Å². The maximum Gasteiger partial charge on any atom is 0.312 e. The number of fused-ring (bicyclic) bond motifs is 5. The van der Waals surface area contributed by atoms with E-state index in [4.69, 9.17) is 18.6 Å². The van der Waals surface area contributed by atoms with Gasteiger partial charge in [-0.1, -0.05) is 0 Å². The summed E-state index contributed by atoms with van der Waals surface area (Å²) in [6, 6.07) is 9.45. The summed E-state index contributed by atoms with van der Waals surface area (Å²) in [5, 5.41) is 41.2. The Labute approximate surface area is 221 Å². The second kappa shape index (κ2) is 8.17. The van der Waals surface area contributed by atoms with Gasteiger partial charge in [0.05, 0.1) is 11.9 Å². The highest BCUT2D eigenvalue weighted by Gasteiger charge is 2.36. The number of rotatable bonds is 2. The molecule has 0 amide bonds. The first-order chi connectivity index (χ1) is 19.2. The summed E-state index contributed by atoms with van der Waals surface area (Å²) < 4.78 is 22.1. The van der Waals surface area contributed by atoms with Crippen LogP contribution in [0, 0.1) is 0 Å². The van der Waals surface area contributed by atoms with Crippen molar-refractivity contribution >= 4 is 27.8 Å². The quantitative estimate of drug-likeness (QED) is 0.125. The number of aromatic hydroxyl groups is 4. The Morgan fingerprint density at radius 2 is 1.60 bits per heavy atom. The van der Waals surface area contributed by atoms with Gasteiger partial charge in [0.25, 0.3) is 5.56 Å². The Bertz CT molecular complexity index is 2060. The van der Waals surface area contributed by atoms with Gasteiger partial charge in [-0.3, -0.25) is 14.4 Å². The molecule has 2 aliphatic rings. The number of H-pyrrole nitrogens is 1. The number of aromatic amines is 1. The number of ether oxygens (including phenoxy) is 3. The third-order valence-corrected chi connectivity index (χ3v) is 7.04. The van der Waals surface area contributed by atoms with E-state index in [0.717, 1.165) is 18.2 Å². The molecular formula is C28H17NO11. The summed E-state index contributed by atoms with van der Waals surface area (Å²) >= 11 is 0. The number of phenols is 3. The molecule has 2 aromatic heterocycles. The number of carbonyl (C=O) groups excluding carboxylic acids is 1. The number of hydrogen-bond donors (Lipinski definition) is 5. The lowest BCUT2D eigenvalue weighted by atomic mass is 9.85. The molecule has 200 valence electrons. The molecule has 3 aromatic carbocycles. The van der Waals surface area contributed by atoms with Crippen molar-refractivity contribution in [3.8, 4) is 51.6 Å². The van der Waals surface area contributed by atoms with Crippen molar-refractivity contribution in [3.63, 3.8) is 0 Å². The predicted octanol–water partition coefficient (Wildman–Crippen LogP) is 3.29. The van der Waals surface area contributed by atoms with Gasteiger partial charge < -0.3 is 44.0 Å². The summed E-state index contributed by atoms with van der Waals surface area (Å²) in [7, 11) is 0. The van der Waals surface area contributed by atoms with E-state index >= 15 is 0 Å². The van der Waals surface area contributed by atoms with Gasteiger partial charge in [-0.2, -0.15) is 0 Å². The van der Waals surface area contributed by atoms with Crippen LogP contribution in [-0.2, 0) is 4.79 Å². The fourth-order valence-corrected chi connectivity index (χ4v) is 5.18. The highest BCUT2D eigenvalue weighted by atomic mass is 16.7. The summed E-state index contributed by atoms with van der Waals surface area (Å²) in [4.78, 5) is 42.0. The average molecular weight is 543 g/mol. The van der Waals surface area contributed by atoms with Crippen molar-refractivity contribution < 1.29 is 43.8 Å². The molecule has 1 unspecified atom stereocenters. The van der Waals surface area contributed by atoms with Crippen molar-refractivity contribution in [2.24, 2.45) is 0 Å². The zero-order chi connectivity index (χ0) is 27.9. The van der Waals surface area contributed by atoms with Crippen molar-refractivity contribution in [2.45, 2.75) is 12.3 Å².